The van der Waals surface area contributed by atoms with E-state index in [4.69, 9.17) is 11.6 Å². The number of benzene rings is 2. The van der Waals surface area contributed by atoms with Crippen molar-refractivity contribution in [3.8, 4) is 0 Å². The van der Waals surface area contributed by atoms with Gasteiger partial charge in [0.2, 0.25) is 0 Å². The molecule has 0 spiro atoms. The summed E-state index contributed by atoms with van der Waals surface area (Å²) in [6, 6.07) is 15.9. The zero-order chi connectivity index (χ0) is 14.4. The van der Waals surface area contributed by atoms with E-state index < -0.39 is 0 Å². The summed E-state index contributed by atoms with van der Waals surface area (Å²) in [5.74, 6) is 0. The summed E-state index contributed by atoms with van der Waals surface area (Å²) in [5, 5.41) is 10.3. The Labute approximate surface area is 125 Å². The van der Waals surface area contributed by atoms with Gasteiger partial charge in [-0.15, -0.1) is 0 Å². The van der Waals surface area contributed by atoms with Gasteiger partial charge < -0.3 is 10.0 Å². The Morgan fingerprint density at radius 2 is 1.85 bits per heavy atom. The van der Waals surface area contributed by atoms with Gasteiger partial charge in [-0.25, -0.2) is 0 Å². The van der Waals surface area contributed by atoms with Gasteiger partial charge in [-0.1, -0.05) is 49.2 Å². The van der Waals surface area contributed by atoms with E-state index in [9.17, 15) is 5.11 Å². The lowest BCUT2D eigenvalue weighted by atomic mass is 10.1. The predicted octanol–water partition coefficient (Wildman–Crippen LogP) is 4.77. The zero-order valence-corrected chi connectivity index (χ0v) is 12.5. The molecule has 0 radical (unpaired) electrons. The van der Waals surface area contributed by atoms with Crippen molar-refractivity contribution in [2.24, 2.45) is 0 Å². The van der Waals surface area contributed by atoms with Crippen molar-refractivity contribution in [1.29, 1.82) is 0 Å². The van der Waals surface area contributed by atoms with Crippen molar-refractivity contribution in [1.82, 2.24) is 0 Å². The number of aliphatic hydroxyl groups excluding tert-OH is 1. The van der Waals surface area contributed by atoms with Gasteiger partial charge in [0.15, 0.2) is 0 Å². The number of para-hydroxylation sites is 1. The van der Waals surface area contributed by atoms with Crippen LogP contribution in [-0.4, -0.2) is 11.7 Å². The molecular formula is C17H20ClNO. The van der Waals surface area contributed by atoms with Crippen LogP contribution in [0, 0.1) is 0 Å². The van der Waals surface area contributed by atoms with Crippen LogP contribution in [0.5, 0.6) is 0 Å². The molecule has 2 aromatic rings. The first kappa shape index (κ1) is 14.9. The van der Waals surface area contributed by atoms with Crippen molar-refractivity contribution in [3.05, 3.63) is 59.1 Å². The van der Waals surface area contributed by atoms with Crippen LogP contribution < -0.4 is 4.90 Å². The highest BCUT2D eigenvalue weighted by atomic mass is 35.5. The molecule has 20 heavy (non-hydrogen) atoms. The molecule has 0 aliphatic heterocycles. The number of rotatable bonds is 6. The van der Waals surface area contributed by atoms with E-state index in [1.54, 1.807) is 0 Å². The van der Waals surface area contributed by atoms with E-state index in [1.807, 2.05) is 36.4 Å². The third kappa shape index (κ3) is 3.53. The molecule has 3 heteroatoms. The van der Waals surface area contributed by atoms with Gasteiger partial charge in [0.25, 0.3) is 0 Å². The van der Waals surface area contributed by atoms with Crippen molar-refractivity contribution >= 4 is 23.0 Å². The summed E-state index contributed by atoms with van der Waals surface area (Å²) in [6.07, 6.45) is 2.21. The van der Waals surface area contributed by atoms with Gasteiger partial charge in [-0.05, 0) is 30.7 Å². The predicted molar refractivity (Wildman–Crippen MR) is 85.7 cm³/mol. The molecule has 0 bridgehead atoms. The number of hydrogen-bond acceptors (Lipinski definition) is 2. The summed E-state index contributed by atoms with van der Waals surface area (Å²) in [7, 11) is 0. The molecule has 2 nitrogen and oxygen atoms in total. The lowest BCUT2D eigenvalue weighted by molar-refractivity contribution is 0.282. The van der Waals surface area contributed by atoms with Crippen molar-refractivity contribution in [3.63, 3.8) is 0 Å². The molecule has 0 aliphatic carbocycles. The Balaban J connectivity index is 2.43. The summed E-state index contributed by atoms with van der Waals surface area (Å²) in [6.45, 7) is 3.10. The second-order valence-electron chi connectivity index (χ2n) is 4.77. The van der Waals surface area contributed by atoms with Crippen LogP contribution in [0.25, 0.3) is 0 Å². The number of aliphatic hydroxyl groups is 1. The van der Waals surface area contributed by atoms with E-state index in [-0.39, 0.29) is 6.61 Å². The molecule has 0 fully saturated rings. The minimum Gasteiger partial charge on any atom is -0.392 e. The van der Waals surface area contributed by atoms with Crippen LogP contribution >= 0.6 is 11.6 Å². The highest BCUT2D eigenvalue weighted by Crippen LogP contribution is 2.31. The van der Waals surface area contributed by atoms with Crippen LogP contribution in [0.1, 0.15) is 25.3 Å². The minimum atomic E-state index is 0.0158. The maximum Gasteiger partial charge on any atom is 0.0702 e. The first-order chi connectivity index (χ1) is 9.76. The van der Waals surface area contributed by atoms with Gasteiger partial charge in [-0.2, -0.15) is 0 Å². The van der Waals surface area contributed by atoms with E-state index in [1.165, 1.54) is 0 Å². The zero-order valence-electron chi connectivity index (χ0n) is 11.7. The molecule has 2 rings (SSSR count). The van der Waals surface area contributed by atoms with Gasteiger partial charge >= 0.3 is 0 Å². The van der Waals surface area contributed by atoms with Crippen molar-refractivity contribution < 1.29 is 5.11 Å². The standard InChI is InChI=1S/C17H20ClNO/c1-2-3-11-19(16-7-5-4-6-8-16)17-12-15(18)10-9-14(17)13-20/h4-10,12,20H,2-3,11,13H2,1H3. The molecule has 106 valence electrons. The Bertz CT molecular complexity index is 542. The van der Waals surface area contributed by atoms with E-state index in [0.717, 1.165) is 36.3 Å². The average Bonchev–Trinajstić information content (AvgIpc) is 2.49. The normalized spacial score (nSPS) is 10.6. The van der Waals surface area contributed by atoms with Crippen LogP contribution in [0.3, 0.4) is 0 Å². The van der Waals surface area contributed by atoms with E-state index >= 15 is 0 Å². The second-order valence-corrected chi connectivity index (χ2v) is 5.21. The Morgan fingerprint density at radius 3 is 2.50 bits per heavy atom. The number of halogens is 1. The van der Waals surface area contributed by atoms with Gasteiger partial charge in [-0.3, -0.25) is 0 Å². The maximum atomic E-state index is 9.56. The van der Waals surface area contributed by atoms with Crippen molar-refractivity contribution in [2.75, 3.05) is 11.4 Å². The summed E-state index contributed by atoms with van der Waals surface area (Å²) in [4.78, 5) is 2.22. The number of nitrogens with zero attached hydrogens (tertiary/aromatic N) is 1. The van der Waals surface area contributed by atoms with Crippen LogP contribution in [-0.2, 0) is 6.61 Å². The third-order valence-corrected chi connectivity index (χ3v) is 3.55. The fraction of sp³-hybridized carbons (Fsp3) is 0.294. The first-order valence-electron chi connectivity index (χ1n) is 6.98. The summed E-state index contributed by atoms with van der Waals surface area (Å²) in [5.41, 5.74) is 3.01. The smallest absolute Gasteiger partial charge is 0.0702 e. The molecule has 0 aromatic heterocycles. The molecule has 2 aromatic carbocycles. The lowest BCUT2D eigenvalue weighted by Gasteiger charge is -2.27. The average molecular weight is 290 g/mol. The second kappa shape index (κ2) is 7.32. The molecule has 0 heterocycles. The highest BCUT2D eigenvalue weighted by Gasteiger charge is 2.13. The molecule has 0 unspecified atom stereocenters. The molecule has 0 aliphatic rings. The largest absolute Gasteiger partial charge is 0.392 e. The highest BCUT2D eigenvalue weighted by molar-refractivity contribution is 6.30. The Hall–Kier alpha value is -1.51. The van der Waals surface area contributed by atoms with E-state index in [2.05, 4.69) is 24.0 Å². The Kier molecular flexibility index (Phi) is 5.45. The van der Waals surface area contributed by atoms with Gasteiger partial charge in [0.05, 0.1) is 6.61 Å². The third-order valence-electron chi connectivity index (χ3n) is 3.31. The monoisotopic (exact) mass is 289 g/mol. The van der Waals surface area contributed by atoms with Crippen LogP contribution in [0.15, 0.2) is 48.5 Å². The number of anilines is 2. The molecule has 0 saturated heterocycles. The SMILES string of the molecule is CCCCN(c1ccccc1)c1cc(Cl)ccc1CO. The quantitative estimate of drug-likeness (QED) is 0.828. The fourth-order valence-electron chi connectivity index (χ4n) is 2.23. The minimum absolute atomic E-state index is 0.0158. The van der Waals surface area contributed by atoms with Crippen molar-refractivity contribution in [2.45, 2.75) is 26.4 Å². The maximum absolute atomic E-state index is 9.56. The Morgan fingerprint density at radius 1 is 1.10 bits per heavy atom. The fourth-order valence-corrected chi connectivity index (χ4v) is 2.40. The van der Waals surface area contributed by atoms with Gasteiger partial charge in [0.1, 0.15) is 0 Å². The van der Waals surface area contributed by atoms with Gasteiger partial charge in [0, 0.05) is 28.5 Å². The van der Waals surface area contributed by atoms with Crippen LogP contribution in [0.4, 0.5) is 11.4 Å². The molecule has 0 atom stereocenters. The molecular weight excluding hydrogens is 270 g/mol. The lowest BCUT2D eigenvalue weighted by Crippen LogP contribution is -2.19. The molecule has 0 amide bonds. The van der Waals surface area contributed by atoms with E-state index in [0.29, 0.717) is 5.02 Å². The summed E-state index contributed by atoms with van der Waals surface area (Å²) >= 11 is 6.13. The molecule has 0 saturated carbocycles. The van der Waals surface area contributed by atoms with Crippen LogP contribution in [0.2, 0.25) is 5.02 Å². The topological polar surface area (TPSA) is 23.5 Å². The molecule has 1 N–H and O–H groups in total. The summed E-state index contributed by atoms with van der Waals surface area (Å²) < 4.78 is 0. The number of hydrogen-bond donors (Lipinski definition) is 1. The number of unbranched alkanes of at least 4 members (excludes halogenated alkanes) is 1. The first-order valence-corrected chi connectivity index (χ1v) is 7.36.